The summed E-state index contributed by atoms with van der Waals surface area (Å²) in [5, 5.41) is 0. The minimum atomic E-state index is -0.352. The molecule has 0 aromatic rings. The molecule has 0 atom stereocenters. The molecule has 0 radical (unpaired) electrons. The van der Waals surface area contributed by atoms with E-state index in [1.165, 1.54) is 6.08 Å². The van der Waals surface area contributed by atoms with Crippen molar-refractivity contribution in [1.82, 2.24) is 0 Å². The molecule has 0 saturated carbocycles. The van der Waals surface area contributed by atoms with Gasteiger partial charge in [0.05, 0.1) is 6.61 Å². The largest absolute Gasteiger partial charge is 0.462 e. The highest BCUT2D eigenvalue weighted by Crippen LogP contribution is 1.88. The number of carbonyl (C=O) groups excluding carboxylic acids is 1. The molecular formula is C9H14O2. The molecule has 0 unspecified atom stereocenters. The Balaban J connectivity index is 3.20. The predicted octanol–water partition coefficient (Wildman–Crippen LogP) is 2.07. The van der Waals surface area contributed by atoms with Crippen molar-refractivity contribution in [1.29, 1.82) is 0 Å². The van der Waals surface area contributed by atoms with Crippen LogP contribution in [-0.2, 0) is 9.53 Å². The molecule has 2 nitrogen and oxygen atoms in total. The highest BCUT2D eigenvalue weighted by Gasteiger charge is 1.90. The van der Waals surface area contributed by atoms with Crippen LogP contribution in [0, 0.1) is 0 Å². The molecule has 0 aliphatic carbocycles. The summed E-state index contributed by atoms with van der Waals surface area (Å²) in [5.74, 6) is -0.352. The molecule has 0 aromatic carbocycles. The van der Waals surface area contributed by atoms with E-state index in [4.69, 9.17) is 4.74 Å². The average Bonchev–Trinajstić information content (AvgIpc) is 2.04. The standard InChI is InChI=1S/C9H14O2/c1-3-5-6-7-8-11-9(10)4-2/h4-6H,2-3,7-8H2,1H3/b6-5+. The minimum absolute atomic E-state index is 0.352. The number of hydrogen-bond donors (Lipinski definition) is 0. The molecular weight excluding hydrogens is 140 g/mol. The second-order valence-corrected chi connectivity index (χ2v) is 2.04. The van der Waals surface area contributed by atoms with E-state index in [1.807, 2.05) is 12.2 Å². The average molecular weight is 154 g/mol. The van der Waals surface area contributed by atoms with Gasteiger partial charge >= 0.3 is 5.97 Å². The van der Waals surface area contributed by atoms with Crippen LogP contribution in [0.25, 0.3) is 0 Å². The molecule has 11 heavy (non-hydrogen) atoms. The SMILES string of the molecule is C=CC(=O)OCC/C=C/CC. The number of esters is 1. The van der Waals surface area contributed by atoms with Crippen molar-refractivity contribution >= 4 is 5.97 Å². The van der Waals surface area contributed by atoms with Gasteiger partial charge in [-0.1, -0.05) is 25.7 Å². The van der Waals surface area contributed by atoms with Crippen LogP contribution in [0.1, 0.15) is 19.8 Å². The van der Waals surface area contributed by atoms with Gasteiger partial charge in [-0.15, -0.1) is 0 Å². The smallest absolute Gasteiger partial charge is 0.330 e. The Morgan fingerprint density at radius 2 is 2.27 bits per heavy atom. The third-order valence-corrected chi connectivity index (χ3v) is 1.10. The molecule has 0 heterocycles. The van der Waals surface area contributed by atoms with Crippen molar-refractivity contribution in [2.75, 3.05) is 6.61 Å². The van der Waals surface area contributed by atoms with Crippen LogP contribution < -0.4 is 0 Å². The Morgan fingerprint density at radius 3 is 2.82 bits per heavy atom. The highest BCUT2D eigenvalue weighted by atomic mass is 16.5. The Labute approximate surface area is 67.6 Å². The maximum absolute atomic E-state index is 10.5. The van der Waals surface area contributed by atoms with Gasteiger partial charge in [-0.25, -0.2) is 4.79 Å². The first kappa shape index (κ1) is 9.95. The van der Waals surface area contributed by atoms with Crippen molar-refractivity contribution in [3.8, 4) is 0 Å². The van der Waals surface area contributed by atoms with Gasteiger partial charge in [0.15, 0.2) is 0 Å². The summed E-state index contributed by atoms with van der Waals surface area (Å²) in [7, 11) is 0. The lowest BCUT2D eigenvalue weighted by Gasteiger charge is -1.96. The summed E-state index contributed by atoms with van der Waals surface area (Å²) < 4.78 is 4.73. The van der Waals surface area contributed by atoms with Gasteiger partial charge in [0, 0.05) is 6.08 Å². The molecule has 0 N–H and O–H groups in total. The molecule has 0 spiro atoms. The molecule has 62 valence electrons. The van der Waals surface area contributed by atoms with Gasteiger partial charge in [0.25, 0.3) is 0 Å². The lowest BCUT2D eigenvalue weighted by molar-refractivity contribution is -0.137. The summed E-state index contributed by atoms with van der Waals surface area (Å²) in [6.45, 7) is 5.79. The second kappa shape index (κ2) is 7.06. The van der Waals surface area contributed by atoms with Crippen molar-refractivity contribution in [2.24, 2.45) is 0 Å². The van der Waals surface area contributed by atoms with E-state index in [1.54, 1.807) is 0 Å². The normalized spacial score (nSPS) is 9.91. The van der Waals surface area contributed by atoms with Crippen molar-refractivity contribution < 1.29 is 9.53 Å². The van der Waals surface area contributed by atoms with E-state index >= 15 is 0 Å². The fourth-order valence-electron chi connectivity index (χ4n) is 0.571. The first-order valence-corrected chi connectivity index (χ1v) is 3.75. The topological polar surface area (TPSA) is 26.3 Å². The Hall–Kier alpha value is -1.05. The zero-order valence-electron chi connectivity index (χ0n) is 6.88. The van der Waals surface area contributed by atoms with Gasteiger partial charge in [-0.3, -0.25) is 0 Å². The lowest BCUT2D eigenvalue weighted by Crippen LogP contribution is -2.00. The van der Waals surface area contributed by atoms with Gasteiger partial charge in [0.1, 0.15) is 0 Å². The second-order valence-electron chi connectivity index (χ2n) is 2.04. The zero-order valence-corrected chi connectivity index (χ0v) is 6.88. The third kappa shape index (κ3) is 6.84. The Morgan fingerprint density at radius 1 is 1.55 bits per heavy atom. The molecule has 0 aromatic heterocycles. The lowest BCUT2D eigenvalue weighted by atomic mass is 10.3. The van der Waals surface area contributed by atoms with Crippen LogP contribution in [0.15, 0.2) is 24.8 Å². The van der Waals surface area contributed by atoms with E-state index in [0.29, 0.717) is 6.61 Å². The fraction of sp³-hybridized carbons (Fsp3) is 0.444. The number of carbonyl (C=O) groups is 1. The van der Waals surface area contributed by atoms with Crippen LogP contribution in [0.5, 0.6) is 0 Å². The van der Waals surface area contributed by atoms with Crippen molar-refractivity contribution in [3.63, 3.8) is 0 Å². The van der Waals surface area contributed by atoms with Crippen molar-refractivity contribution in [2.45, 2.75) is 19.8 Å². The molecule has 0 saturated heterocycles. The van der Waals surface area contributed by atoms with Crippen LogP contribution in [-0.4, -0.2) is 12.6 Å². The Kier molecular flexibility index (Phi) is 6.39. The molecule has 0 fully saturated rings. The van der Waals surface area contributed by atoms with Gasteiger partial charge < -0.3 is 4.74 Å². The molecule has 0 aliphatic heterocycles. The van der Waals surface area contributed by atoms with Crippen LogP contribution >= 0.6 is 0 Å². The van der Waals surface area contributed by atoms with E-state index in [0.717, 1.165) is 12.8 Å². The predicted molar refractivity (Wildman–Crippen MR) is 45.2 cm³/mol. The monoisotopic (exact) mass is 154 g/mol. The van der Waals surface area contributed by atoms with Crippen LogP contribution in [0.3, 0.4) is 0 Å². The molecule has 2 heteroatoms. The zero-order chi connectivity index (χ0) is 8.53. The van der Waals surface area contributed by atoms with Crippen molar-refractivity contribution in [3.05, 3.63) is 24.8 Å². The summed E-state index contributed by atoms with van der Waals surface area (Å²) in [4.78, 5) is 10.5. The van der Waals surface area contributed by atoms with E-state index in [2.05, 4.69) is 13.5 Å². The number of hydrogen-bond acceptors (Lipinski definition) is 2. The molecule has 0 bridgehead atoms. The maximum atomic E-state index is 10.5. The summed E-state index contributed by atoms with van der Waals surface area (Å²) in [6, 6.07) is 0. The van der Waals surface area contributed by atoms with Gasteiger partial charge in [-0.05, 0) is 12.8 Å². The molecule has 0 aliphatic rings. The van der Waals surface area contributed by atoms with Gasteiger partial charge in [0.2, 0.25) is 0 Å². The highest BCUT2D eigenvalue weighted by molar-refractivity contribution is 5.81. The minimum Gasteiger partial charge on any atom is -0.462 e. The number of allylic oxidation sites excluding steroid dienone is 1. The van der Waals surface area contributed by atoms with Crippen LogP contribution in [0.4, 0.5) is 0 Å². The molecule has 0 amide bonds. The summed E-state index contributed by atoms with van der Waals surface area (Å²) >= 11 is 0. The maximum Gasteiger partial charge on any atom is 0.330 e. The Bertz CT molecular complexity index is 148. The first-order chi connectivity index (χ1) is 5.31. The number of ether oxygens (including phenoxy) is 1. The fourth-order valence-corrected chi connectivity index (χ4v) is 0.571. The molecule has 0 rings (SSSR count). The number of rotatable bonds is 5. The first-order valence-electron chi connectivity index (χ1n) is 3.75. The van der Waals surface area contributed by atoms with Crippen LogP contribution in [0.2, 0.25) is 0 Å². The summed E-state index contributed by atoms with van der Waals surface area (Å²) in [5.41, 5.74) is 0. The van der Waals surface area contributed by atoms with E-state index < -0.39 is 0 Å². The third-order valence-electron chi connectivity index (χ3n) is 1.10. The van der Waals surface area contributed by atoms with E-state index in [9.17, 15) is 4.79 Å². The van der Waals surface area contributed by atoms with E-state index in [-0.39, 0.29) is 5.97 Å². The summed E-state index contributed by atoms with van der Waals surface area (Å²) in [6.07, 6.45) is 7.02. The quantitative estimate of drug-likeness (QED) is 0.262. The van der Waals surface area contributed by atoms with Gasteiger partial charge in [-0.2, -0.15) is 0 Å².